The number of thiazole rings is 1. The van der Waals surface area contributed by atoms with Crippen LogP contribution in [0.3, 0.4) is 0 Å². The van der Waals surface area contributed by atoms with E-state index >= 15 is 0 Å². The van der Waals surface area contributed by atoms with E-state index < -0.39 is 0 Å². The monoisotopic (exact) mass is 244 g/mol. The number of rotatable bonds is 3. The Morgan fingerprint density at radius 2 is 2.35 bits per heavy atom. The zero-order chi connectivity index (χ0) is 12.3. The molecule has 0 atom stereocenters. The summed E-state index contributed by atoms with van der Waals surface area (Å²) in [6, 6.07) is 5.55. The molecule has 2 heterocycles. The first kappa shape index (κ1) is 11.6. The van der Waals surface area contributed by atoms with E-state index in [1.165, 1.54) is 4.88 Å². The minimum atomic E-state index is 0.402. The fraction of sp³-hybridized carbons (Fsp3) is 0.250. The minimum absolute atomic E-state index is 0.402. The highest BCUT2D eigenvalue weighted by atomic mass is 32.1. The van der Waals surface area contributed by atoms with Crippen LogP contribution in [0.1, 0.15) is 23.2 Å². The van der Waals surface area contributed by atoms with Crippen molar-refractivity contribution in [1.82, 2.24) is 9.97 Å². The van der Waals surface area contributed by atoms with Crippen molar-refractivity contribution >= 4 is 22.2 Å². The van der Waals surface area contributed by atoms with E-state index in [1.54, 1.807) is 23.6 Å². The predicted octanol–water partition coefficient (Wildman–Crippen LogP) is 3.02. The lowest BCUT2D eigenvalue weighted by Crippen LogP contribution is -1.92. The molecule has 0 radical (unpaired) electrons. The number of pyridine rings is 1. The van der Waals surface area contributed by atoms with Crippen molar-refractivity contribution in [2.75, 3.05) is 5.32 Å². The Bertz CT molecular complexity index is 568. The number of hydrogen-bond acceptors (Lipinski definition) is 5. The standard InChI is InChI=1S/C12H12N4S/c1-3-11-8(2)17-12(16-11)15-9-4-5-14-10(6-9)7-13/h4-6H,3H2,1-2H3,(H,14,15,16). The van der Waals surface area contributed by atoms with Crippen LogP contribution in [0.25, 0.3) is 0 Å². The van der Waals surface area contributed by atoms with Gasteiger partial charge in [-0.3, -0.25) is 0 Å². The summed E-state index contributed by atoms with van der Waals surface area (Å²) in [4.78, 5) is 9.63. The lowest BCUT2D eigenvalue weighted by molar-refractivity contribution is 1.05. The number of nitrogens with zero attached hydrogens (tertiary/aromatic N) is 3. The molecule has 0 saturated heterocycles. The number of aryl methyl sites for hydroxylation is 2. The predicted molar refractivity (Wildman–Crippen MR) is 68.5 cm³/mol. The van der Waals surface area contributed by atoms with Gasteiger partial charge in [0.15, 0.2) is 5.13 Å². The van der Waals surface area contributed by atoms with E-state index in [-0.39, 0.29) is 0 Å². The Morgan fingerprint density at radius 1 is 1.53 bits per heavy atom. The molecule has 2 rings (SSSR count). The molecular weight excluding hydrogens is 232 g/mol. The third-order valence-corrected chi connectivity index (χ3v) is 3.28. The molecule has 0 aliphatic carbocycles. The summed E-state index contributed by atoms with van der Waals surface area (Å²) < 4.78 is 0. The van der Waals surface area contributed by atoms with E-state index in [0.717, 1.165) is 22.9 Å². The summed E-state index contributed by atoms with van der Waals surface area (Å²) in [7, 11) is 0. The zero-order valence-electron chi connectivity index (χ0n) is 9.69. The third kappa shape index (κ3) is 2.60. The van der Waals surface area contributed by atoms with Crippen LogP contribution in [0.15, 0.2) is 18.3 Å². The largest absolute Gasteiger partial charge is 0.331 e. The van der Waals surface area contributed by atoms with Crippen LogP contribution in [0.5, 0.6) is 0 Å². The lowest BCUT2D eigenvalue weighted by Gasteiger charge is -2.01. The van der Waals surface area contributed by atoms with Gasteiger partial charge in [-0.2, -0.15) is 5.26 Å². The summed E-state index contributed by atoms with van der Waals surface area (Å²) in [5.41, 5.74) is 2.36. The first-order valence-corrected chi connectivity index (χ1v) is 6.14. The highest BCUT2D eigenvalue weighted by Crippen LogP contribution is 2.25. The normalized spacial score (nSPS) is 9.94. The van der Waals surface area contributed by atoms with Crippen molar-refractivity contribution in [3.8, 4) is 6.07 Å². The van der Waals surface area contributed by atoms with E-state index in [0.29, 0.717) is 5.69 Å². The summed E-state index contributed by atoms with van der Waals surface area (Å²) in [5, 5.41) is 12.8. The molecule has 17 heavy (non-hydrogen) atoms. The molecule has 5 heteroatoms. The second-order valence-electron chi connectivity index (χ2n) is 3.54. The van der Waals surface area contributed by atoms with Crippen molar-refractivity contribution in [2.45, 2.75) is 20.3 Å². The Labute approximate surface area is 104 Å². The second kappa shape index (κ2) is 4.93. The van der Waals surface area contributed by atoms with E-state index in [4.69, 9.17) is 5.26 Å². The maximum absolute atomic E-state index is 8.76. The highest BCUT2D eigenvalue weighted by molar-refractivity contribution is 7.15. The highest BCUT2D eigenvalue weighted by Gasteiger charge is 2.06. The van der Waals surface area contributed by atoms with Gasteiger partial charge in [-0.25, -0.2) is 9.97 Å². The quantitative estimate of drug-likeness (QED) is 0.901. The Morgan fingerprint density at radius 3 is 3.00 bits per heavy atom. The third-order valence-electron chi connectivity index (χ3n) is 2.35. The van der Waals surface area contributed by atoms with Crippen molar-refractivity contribution in [2.24, 2.45) is 0 Å². The molecule has 0 aliphatic rings. The summed E-state index contributed by atoms with van der Waals surface area (Å²) in [5.74, 6) is 0. The molecule has 86 valence electrons. The number of nitriles is 1. The summed E-state index contributed by atoms with van der Waals surface area (Å²) >= 11 is 1.62. The topological polar surface area (TPSA) is 61.6 Å². The van der Waals surface area contributed by atoms with Gasteiger partial charge in [-0.15, -0.1) is 11.3 Å². The van der Waals surface area contributed by atoms with Gasteiger partial charge in [0.25, 0.3) is 0 Å². The van der Waals surface area contributed by atoms with Crippen LogP contribution in [-0.2, 0) is 6.42 Å². The summed E-state index contributed by atoms with van der Waals surface area (Å²) in [6.07, 6.45) is 2.55. The van der Waals surface area contributed by atoms with Crippen molar-refractivity contribution in [1.29, 1.82) is 5.26 Å². The first-order valence-electron chi connectivity index (χ1n) is 5.32. The maximum Gasteiger partial charge on any atom is 0.187 e. The van der Waals surface area contributed by atoms with Gasteiger partial charge in [0.1, 0.15) is 11.8 Å². The number of aromatic nitrogens is 2. The van der Waals surface area contributed by atoms with Gasteiger partial charge in [0.2, 0.25) is 0 Å². The molecule has 2 aromatic heterocycles. The molecule has 0 saturated carbocycles. The molecular formula is C12H12N4S. The molecule has 4 nitrogen and oxygen atoms in total. The van der Waals surface area contributed by atoms with Gasteiger partial charge < -0.3 is 5.32 Å². The van der Waals surface area contributed by atoms with Crippen LogP contribution in [-0.4, -0.2) is 9.97 Å². The fourth-order valence-corrected chi connectivity index (χ4v) is 2.42. The lowest BCUT2D eigenvalue weighted by atomic mass is 10.3. The SMILES string of the molecule is CCc1nc(Nc2ccnc(C#N)c2)sc1C. The van der Waals surface area contributed by atoms with Crippen LogP contribution in [0.2, 0.25) is 0 Å². The second-order valence-corrected chi connectivity index (χ2v) is 4.75. The molecule has 0 bridgehead atoms. The van der Waals surface area contributed by atoms with Crippen molar-refractivity contribution in [3.63, 3.8) is 0 Å². The molecule has 1 N–H and O–H groups in total. The van der Waals surface area contributed by atoms with Gasteiger partial charge in [0.05, 0.1) is 5.69 Å². The van der Waals surface area contributed by atoms with E-state index in [1.807, 2.05) is 12.1 Å². The molecule has 0 amide bonds. The van der Waals surface area contributed by atoms with Gasteiger partial charge in [-0.05, 0) is 25.5 Å². The number of anilines is 2. The molecule has 2 aromatic rings. The van der Waals surface area contributed by atoms with Gasteiger partial charge in [-0.1, -0.05) is 6.92 Å². The molecule has 0 unspecified atom stereocenters. The molecule has 0 spiro atoms. The average molecular weight is 244 g/mol. The fourth-order valence-electron chi connectivity index (χ4n) is 1.50. The van der Waals surface area contributed by atoms with Gasteiger partial charge >= 0.3 is 0 Å². The van der Waals surface area contributed by atoms with Crippen LogP contribution >= 0.6 is 11.3 Å². The minimum Gasteiger partial charge on any atom is -0.331 e. The maximum atomic E-state index is 8.76. The molecule has 0 aliphatic heterocycles. The molecule has 0 aromatic carbocycles. The van der Waals surface area contributed by atoms with E-state index in [9.17, 15) is 0 Å². The van der Waals surface area contributed by atoms with Crippen molar-refractivity contribution in [3.05, 3.63) is 34.6 Å². The first-order chi connectivity index (χ1) is 8.22. The Kier molecular flexibility index (Phi) is 3.35. The molecule has 0 fully saturated rings. The Balaban J connectivity index is 2.22. The smallest absolute Gasteiger partial charge is 0.187 e. The van der Waals surface area contributed by atoms with E-state index in [2.05, 4.69) is 29.1 Å². The average Bonchev–Trinajstić information content (AvgIpc) is 2.69. The van der Waals surface area contributed by atoms with Gasteiger partial charge in [0, 0.05) is 16.8 Å². The zero-order valence-corrected chi connectivity index (χ0v) is 10.5. The van der Waals surface area contributed by atoms with Crippen LogP contribution < -0.4 is 5.32 Å². The number of hydrogen-bond donors (Lipinski definition) is 1. The van der Waals surface area contributed by atoms with Crippen molar-refractivity contribution < 1.29 is 0 Å². The summed E-state index contributed by atoms with van der Waals surface area (Å²) in [6.45, 7) is 4.15. The van der Waals surface area contributed by atoms with Crippen LogP contribution in [0.4, 0.5) is 10.8 Å². The Hall–Kier alpha value is -1.93. The number of nitrogens with one attached hydrogen (secondary N) is 1. The van der Waals surface area contributed by atoms with Crippen LogP contribution in [0, 0.1) is 18.3 Å².